The number of nitrogens with zero attached hydrogens (tertiary/aromatic N) is 4. The van der Waals surface area contributed by atoms with Crippen LogP contribution < -0.4 is 10.6 Å². The molecular formula is C30H27ClF2N6O2S. The molecule has 0 aliphatic carbocycles. The van der Waals surface area contributed by atoms with E-state index in [1.165, 1.54) is 22.6 Å². The minimum atomic E-state index is -1.10. The topological polar surface area (TPSA) is 92.2 Å². The number of carbonyl (C=O) groups is 2. The Labute approximate surface area is 249 Å². The van der Waals surface area contributed by atoms with E-state index in [1.54, 1.807) is 28.3 Å². The number of nitrogens with one attached hydrogen (secondary N) is 2. The first-order valence-electron chi connectivity index (χ1n) is 13.8. The number of piperidine rings is 1. The second-order valence-electron chi connectivity index (χ2n) is 10.9. The Balaban J connectivity index is 1.20. The van der Waals surface area contributed by atoms with Crippen LogP contribution >= 0.6 is 22.9 Å². The van der Waals surface area contributed by atoms with Gasteiger partial charge in [-0.05, 0) is 41.8 Å². The Morgan fingerprint density at radius 2 is 2.00 bits per heavy atom. The highest BCUT2D eigenvalue weighted by Gasteiger charge is 2.42. The standard InChI is InChI=1S/C30H27ClF2N6O2S/c31-23-10-18(16-1-3-17(4-2-16)20-5-6-34-12-24(20)33)9-21-22(23)14-39(29(21)41)27(28(40)37-30-35-7-8-42-30)26-25-11-19(32)13-38(25)15-36-26/h1-4,7-10,15,19-20,24,27,34H,5-6,11-14H2,(H,35,37,40)/t19-,20-,24+,27?/m1/s1. The zero-order chi connectivity index (χ0) is 29.0. The Bertz CT molecular complexity index is 1660. The summed E-state index contributed by atoms with van der Waals surface area (Å²) < 4.78 is 30.5. The van der Waals surface area contributed by atoms with Crippen LogP contribution in [-0.4, -0.2) is 56.7 Å². The maximum absolute atomic E-state index is 14.5. The van der Waals surface area contributed by atoms with Crippen molar-refractivity contribution in [2.24, 2.45) is 0 Å². The third-order valence-electron chi connectivity index (χ3n) is 8.37. The van der Waals surface area contributed by atoms with E-state index >= 15 is 0 Å². The normalized spacial score (nSPS) is 22.2. The average Bonchev–Trinajstić information content (AvgIpc) is 3.77. The van der Waals surface area contributed by atoms with Crippen molar-refractivity contribution in [3.63, 3.8) is 0 Å². The van der Waals surface area contributed by atoms with Crippen LogP contribution in [0.25, 0.3) is 11.1 Å². The first kappa shape index (κ1) is 27.2. The number of amides is 2. The quantitative estimate of drug-likeness (QED) is 0.310. The highest BCUT2D eigenvalue weighted by molar-refractivity contribution is 7.13. The Kier molecular flexibility index (Phi) is 7.03. The highest BCUT2D eigenvalue weighted by atomic mass is 35.5. The van der Waals surface area contributed by atoms with Crippen LogP contribution in [0.3, 0.4) is 0 Å². The number of imidazole rings is 1. The molecule has 0 radical (unpaired) electrons. The zero-order valence-electron chi connectivity index (χ0n) is 22.4. The monoisotopic (exact) mass is 608 g/mol. The molecule has 4 aromatic rings. The highest BCUT2D eigenvalue weighted by Crippen LogP contribution is 2.40. The molecule has 5 heterocycles. The molecule has 4 atom stereocenters. The van der Waals surface area contributed by atoms with Gasteiger partial charge in [0.15, 0.2) is 11.2 Å². The summed E-state index contributed by atoms with van der Waals surface area (Å²) in [4.78, 5) is 37.7. The van der Waals surface area contributed by atoms with Crippen LogP contribution in [-0.2, 0) is 24.3 Å². The van der Waals surface area contributed by atoms with Crippen molar-refractivity contribution in [1.82, 2.24) is 24.8 Å². The van der Waals surface area contributed by atoms with Crippen molar-refractivity contribution in [3.8, 4) is 11.1 Å². The fourth-order valence-electron chi connectivity index (χ4n) is 6.27. The number of fused-ring (bicyclic) bond motifs is 2. The summed E-state index contributed by atoms with van der Waals surface area (Å²) >= 11 is 8.01. The Hall–Kier alpha value is -3.67. The smallest absolute Gasteiger partial charge is 0.255 e. The van der Waals surface area contributed by atoms with E-state index < -0.39 is 24.3 Å². The molecule has 42 heavy (non-hydrogen) atoms. The van der Waals surface area contributed by atoms with Crippen molar-refractivity contribution in [2.75, 3.05) is 18.4 Å². The Morgan fingerprint density at radius 1 is 1.17 bits per heavy atom. The fraction of sp³-hybridized carbons (Fsp3) is 0.333. The third-order valence-corrected chi connectivity index (χ3v) is 9.39. The van der Waals surface area contributed by atoms with Crippen molar-refractivity contribution in [2.45, 2.75) is 50.2 Å². The van der Waals surface area contributed by atoms with Gasteiger partial charge in [-0.2, -0.15) is 0 Å². The average molecular weight is 609 g/mol. The fourth-order valence-corrected chi connectivity index (χ4v) is 7.08. The van der Waals surface area contributed by atoms with E-state index in [9.17, 15) is 18.4 Å². The van der Waals surface area contributed by atoms with Crippen molar-refractivity contribution >= 4 is 39.9 Å². The molecule has 8 nitrogen and oxygen atoms in total. The van der Waals surface area contributed by atoms with Crippen molar-refractivity contribution in [1.29, 1.82) is 0 Å². The SMILES string of the molecule is O=C(Nc1nccs1)C(c1ncn2c1C[C@@H](F)C2)N1Cc2c(Cl)cc(-c3ccc([C@H]4CCNC[C@@H]4F)cc3)cc2C1=O. The van der Waals surface area contributed by atoms with Crippen molar-refractivity contribution < 1.29 is 18.4 Å². The molecular weight excluding hydrogens is 582 g/mol. The van der Waals surface area contributed by atoms with E-state index in [-0.39, 0.29) is 31.3 Å². The van der Waals surface area contributed by atoms with Gasteiger partial charge in [0.2, 0.25) is 0 Å². The predicted octanol–water partition coefficient (Wildman–Crippen LogP) is 5.31. The number of halogens is 3. The summed E-state index contributed by atoms with van der Waals surface area (Å²) in [5.41, 5.74) is 4.49. The van der Waals surface area contributed by atoms with Crippen LogP contribution in [0.4, 0.5) is 13.9 Å². The molecule has 2 aromatic carbocycles. The second kappa shape index (κ2) is 10.9. The summed E-state index contributed by atoms with van der Waals surface area (Å²) in [7, 11) is 0. The number of thiazole rings is 1. The summed E-state index contributed by atoms with van der Waals surface area (Å²) in [6.45, 7) is 1.39. The predicted molar refractivity (Wildman–Crippen MR) is 156 cm³/mol. The Morgan fingerprint density at radius 3 is 2.76 bits per heavy atom. The number of hydrogen-bond acceptors (Lipinski definition) is 6. The molecule has 0 spiro atoms. The lowest BCUT2D eigenvalue weighted by Crippen LogP contribution is -2.38. The number of aromatic nitrogens is 3. The second-order valence-corrected chi connectivity index (χ2v) is 12.2. The molecule has 0 bridgehead atoms. The molecule has 1 fully saturated rings. The molecule has 3 aliphatic heterocycles. The van der Waals surface area contributed by atoms with E-state index in [2.05, 4.69) is 20.6 Å². The lowest BCUT2D eigenvalue weighted by Gasteiger charge is -2.27. The summed E-state index contributed by atoms with van der Waals surface area (Å²) in [6.07, 6.45) is 1.93. The molecule has 12 heteroatoms. The molecule has 3 aliphatic rings. The van der Waals surface area contributed by atoms with Gasteiger partial charge in [0.1, 0.15) is 12.3 Å². The number of carbonyl (C=O) groups excluding carboxylic acids is 2. The van der Waals surface area contributed by atoms with E-state index in [0.29, 0.717) is 39.2 Å². The number of hydrogen-bond donors (Lipinski definition) is 2. The molecule has 2 amide bonds. The van der Waals surface area contributed by atoms with Crippen molar-refractivity contribution in [3.05, 3.63) is 87.4 Å². The van der Waals surface area contributed by atoms with Gasteiger partial charge in [-0.25, -0.2) is 18.7 Å². The van der Waals surface area contributed by atoms with E-state index in [4.69, 9.17) is 11.6 Å². The molecule has 7 rings (SSSR count). The number of anilines is 1. The largest absolute Gasteiger partial charge is 0.331 e. The summed E-state index contributed by atoms with van der Waals surface area (Å²) in [6, 6.07) is 10.2. The summed E-state index contributed by atoms with van der Waals surface area (Å²) in [5.74, 6) is -0.995. The zero-order valence-corrected chi connectivity index (χ0v) is 24.0. The molecule has 1 unspecified atom stereocenters. The molecule has 216 valence electrons. The maximum atomic E-state index is 14.5. The van der Waals surface area contributed by atoms with Crippen LogP contribution in [0.2, 0.25) is 5.02 Å². The van der Waals surface area contributed by atoms with Crippen LogP contribution in [0.5, 0.6) is 0 Å². The molecule has 0 saturated carbocycles. The third kappa shape index (κ3) is 4.79. The summed E-state index contributed by atoms with van der Waals surface area (Å²) in [5, 5.41) is 8.41. The van der Waals surface area contributed by atoms with Gasteiger partial charge in [-0.1, -0.05) is 35.9 Å². The lowest BCUT2D eigenvalue weighted by atomic mass is 9.87. The minimum absolute atomic E-state index is 0.0983. The van der Waals surface area contributed by atoms with E-state index in [1.807, 2.05) is 24.3 Å². The molecule has 2 N–H and O–H groups in total. The van der Waals surface area contributed by atoms with Gasteiger partial charge >= 0.3 is 0 Å². The van der Waals surface area contributed by atoms with Gasteiger partial charge in [0.25, 0.3) is 11.8 Å². The molecule has 2 aromatic heterocycles. The van der Waals surface area contributed by atoms with Gasteiger partial charge in [0, 0.05) is 58.8 Å². The van der Waals surface area contributed by atoms with Gasteiger partial charge in [-0.15, -0.1) is 11.3 Å². The van der Waals surface area contributed by atoms with E-state index in [0.717, 1.165) is 29.7 Å². The van der Waals surface area contributed by atoms with Gasteiger partial charge < -0.3 is 14.8 Å². The van der Waals surface area contributed by atoms with Crippen LogP contribution in [0.1, 0.15) is 51.3 Å². The number of alkyl halides is 2. The van der Waals surface area contributed by atoms with Gasteiger partial charge in [-0.3, -0.25) is 14.9 Å². The molecule has 1 saturated heterocycles. The first-order chi connectivity index (χ1) is 20.4. The van der Waals surface area contributed by atoms with Crippen LogP contribution in [0, 0.1) is 0 Å². The number of rotatable bonds is 6. The minimum Gasteiger partial charge on any atom is -0.331 e. The lowest BCUT2D eigenvalue weighted by molar-refractivity contribution is -0.121. The maximum Gasteiger partial charge on any atom is 0.255 e. The van der Waals surface area contributed by atoms with Crippen LogP contribution in [0.15, 0.2) is 54.3 Å². The first-order valence-corrected chi connectivity index (χ1v) is 15.1. The number of benzene rings is 2. The van der Waals surface area contributed by atoms with Gasteiger partial charge in [0.05, 0.1) is 18.6 Å².